The highest BCUT2D eigenvalue weighted by Crippen LogP contribution is 2.25. The number of nitrogens with one attached hydrogen (secondary N) is 1. The number of nitro benzene ring substituents is 1. The van der Waals surface area contributed by atoms with Crippen molar-refractivity contribution in [1.82, 2.24) is 14.1 Å². The third-order valence-corrected chi connectivity index (χ3v) is 3.51. The lowest BCUT2D eigenvalue weighted by molar-refractivity contribution is -0.383. The Morgan fingerprint density at radius 2 is 2.18 bits per heavy atom. The van der Waals surface area contributed by atoms with Gasteiger partial charge >= 0.3 is 5.97 Å². The molecule has 116 valence electrons. The Hall–Kier alpha value is -2.62. The average Bonchev–Trinajstić information content (AvgIpc) is 2.91. The van der Waals surface area contributed by atoms with Gasteiger partial charge in [0.25, 0.3) is 11.6 Å². The molecular formula is C12H12N4O5S. The van der Waals surface area contributed by atoms with Gasteiger partial charge in [0.1, 0.15) is 5.52 Å². The van der Waals surface area contributed by atoms with Gasteiger partial charge in [0.05, 0.1) is 16.7 Å². The number of nitrogens with zero attached hydrogens (tertiary/aromatic N) is 3. The quantitative estimate of drug-likeness (QED) is 0.608. The molecule has 1 aromatic carbocycles. The van der Waals surface area contributed by atoms with Crippen LogP contribution in [0.15, 0.2) is 12.1 Å². The zero-order valence-electron chi connectivity index (χ0n) is 11.5. The van der Waals surface area contributed by atoms with E-state index in [4.69, 9.17) is 5.11 Å². The molecule has 1 unspecified atom stereocenters. The molecule has 0 aliphatic carbocycles. The summed E-state index contributed by atoms with van der Waals surface area (Å²) >= 11 is 0.829. The summed E-state index contributed by atoms with van der Waals surface area (Å²) in [5.41, 5.74) is 0.233. The van der Waals surface area contributed by atoms with E-state index in [9.17, 15) is 19.7 Å². The van der Waals surface area contributed by atoms with Crippen LogP contribution in [-0.2, 0) is 4.79 Å². The van der Waals surface area contributed by atoms with Crippen LogP contribution in [0, 0.1) is 10.1 Å². The van der Waals surface area contributed by atoms with Crippen LogP contribution >= 0.6 is 11.7 Å². The zero-order chi connectivity index (χ0) is 16.3. The Morgan fingerprint density at radius 1 is 1.45 bits per heavy atom. The van der Waals surface area contributed by atoms with E-state index in [0.717, 1.165) is 17.8 Å². The molecule has 10 heteroatoms. The van der Waals surface area contributed by atoms with Crippen LogP contribution in [0.2, 0.25) is 0 Å². The second-order valence-corrected chi connectivity index (χ2v) is 5.22. The van der Waals surface area contributed by atoms with E-state index in [1.165, 1.54) is 6.07 Å². The van der Waals surface area contributed by atoms with Crippen LogP contribution in [0.1, 0.15) is 30.1 Å². The number of aromatic nitrogens is 2. The summed E-state index contributed by atoms with van der Waals surface area (Å²) in [6.45, 7) is 1.66. The Bertz CT molecular complexity index is 744. The van der Waals surface area contributed by atoms with Gasteiger partial charge in [-0.05, 0) is 19.4 Å². The molecule has 0 spiro atoms. The number of benzene rings is 1. The average molecular weight is 324 g/mol. The molecule has 2 N–H and O–H groups in total. The second-order valence-electron chi connectivity index (χ2n) is 4.69. The number of rotatable bonds is 6. The number of carbonyl (C=O) groups is 2. The predicted molar refractivity (Wildman–Crippen MR) is 77.9 cm³/mol. The fraction of sp³-hybridized carbons (Fsp3) is 0.333. The molecule has 0 fully saturated rings. The molecule has 2 aromatic rings. The number of carboxylic acid groups (broad SMARTS) is 1. The van der Waals surface area contributed by atoms with Gasteiger partial charge in [-0.15, -0.1) is 0 Å². The largest absolute Gasteiger partial charge is 0.481 e. The van der Waals surface area contributed by atoms with Crippen molar-refractivity contribution in [3.63, 3.8) is 0 Å². The normalized spacial score (nSPS) is 12.0. The van der Waals surface area contributed by atoms with Gasteiger partial charge in [0.2, 0.25) is 0 Å². The van der Waals surface area contributed by atoms with Crippen LogP contribution in [-0.4, -0.2) is 36.7 Å². The van der Waals surface area contributed by atoms with Crippen molar-refractivity contribution in [2.45, 2.75) is 25.8 Å². The van der Waals surface area contributed by atoms with Gasteiger partial charge in [-0.2, -0.15) is 8.75 Å². The maximum Gasteiger partial charge on any atom is 0.303 e. The van der Waals surface area contributed by atoms with E-state index in [-0.39, 0.29) is 41.2 Å². The van der Waals surface area contributed by atoms with Gasteiger partial charge < -0.3 is 10.4 Å². The van der Waals surface area contributed by atoms with Crippen LogP contribution < -0.4 is 5.32 Å². The van der Waals surface area contributed by atoms with E-state index in [0.29, 0.717) is 0 Å². The lowest BCUT2D eigenvalue weighted by Crippen LogP contribution is -2.33. The molecular weight excluding hydrogens is 312 g/mol. The Morgan fingerprint density at radius 3 is 2.82 bits per heavy atom. The molecule has 0 radical (unpaired) electrons. The van der Waals surface area contributed by atoms with Crippen LogP contribution in [0.4, 0.5) is 5.69 Å². The maximum atomic E-state index is 12.1. The maximum absolute atomic E-state index is 12.1. The summed E-state index contributed by atoms with van der Waals surface area (Å²) in [7, 11) is 0. The molecule has 0 saturated carbocycles. The number of carboxylic acids is 1. The van der Waals surface area contributed by atoms with Gasteiger partial charge in [0.15, 0.2) is 5.52 Å². The number of non-ortho nitro benzene ring substituents is 1. The van der Waals surface area contributed by atoms with Crippen molar-refractivity contribution >= 4 is 40.3 Å². The topological polar surface area (TPSA) is 135 Å². The third-order valence-electron chi connectivity index (χ3n) is 2.97. The first-order valence-corrected chi connectivity index (χ1v) is 7.05. The first-order valence-electron chi connectivity index (χ1n) is 6.32. The summed E-state index contributed by atoms with van der Waals surface area (Å²) in [4.78, 5) is 33.0. The van der Waals surface area contributed by atoms with Crippen LogP contribution in [0.3, 0.4) is 0 Å². The van der Waals surface area contributed by atoms with E-state index in [1.54, 1.807) is 6.92 Å². The molecule has 22 heavy (non-hydrogen) atoms. The first-order chi connectivity index (χ1) is 10.4. The number of hydrogen-bond donors (Lipinski definition) is 2. The minimum Gasteiger partial charge on any atom is -0.481 e. The van der Waals surface area contributed by atoms with E-state index < -0.39 is 16.8 Å². The predicted octanol–water partition coefficient (Wildman–Crippen LogP) is 1.58. The smallest absolute Gasteiger partial charge is 0.303 e. The third kappa shape index (κ3) is 3.52. The lowest BCUT2D eigenvalue weighted by atomic mass is 10.1. The standard InChI is InChI=1S/C12H12N4O5S/c1-6(2-3-10(17)18)13-12(19)7-4-8-11(15-22-14-8)9(5-7)16(20)21/h4-6H,2-3H2,1H3,(H,13,19)(H,17,18). The number of carbonyl (C=O) groups excluding carboxylic acids is 1. The molecule has 0 bridgehead atoms. The number of amides is 1. The fourth-order valence-electron chi connectivity index (χ4n) is 1.86. The Balaban J connectivity index is 2.21. The highest BCUT2D eigenvalue weighted by atomic mass is 32.1. The summed E-state index contributed by atoms with van der Waals surface area (Å²) in [5, 5.41) is 22.2. The van der Waals surface area contributed by atoms with Gasteiger partial charge in [0, 0.05) is 24.1 Å². The van der Waals surface area contributed by atoms with Gasteiger partial charge in [-0.3, -0.25) is 19.7 Å². The summed E-state index contributed by atoms with van der Waals surface area (Å²) in [6.07, 6.45) is 0.195. The molecule has 1 amide bonds. The highest BCUT2D eigenvalue weighted by molar-refractivity contribution is 7.00. The highest BCUT2D eigenvalue weighted by Gasteiger charge is 2.21. The van der Waals surface area contributed by atoms with Crippen LogP contribution in [0.5, 0.6) is 0 Å². The van der Waals surface area contributed by atoms with Crippen molar-refractivity contribution in [2.24, 2.45) is 0 Å². The molecule has 1 aromatic heterocycles. The molecule has 0 aliphatic rings. The number of hydrogen-bond acceptors (Lipinski definition) is 7. The second kappa shape index (κ2) is 6.43. The summed E-state index contributed by atoms with van der Waals surface area (Å²) in [5.74, 6) is -1.47. The number of fused-ring (bicyclic) bond motifs is 1. The molecule has 0 aliphatic heterocycles. The van der Waals surface area contributed by atoms with E-state index >= 15 is 0 Å². The molecule has 1 atom stereocenters. The molecule has 1 heterocycles. The molecule has 2 rings (SSSR count). The van der Waals surface area contributed by atoms with E-state index in [2.05, 4.69) is 14.1 Å². The van der Waals surface area contributed by atoms with Crippen molar-refractivity contribution in [1.29, 1.82) is 0 Å². The summed E-state index contributed by atoms with van der Waals surface area (Å²) in [6, 6.07) is 2.19. The van der Waals surface area contributed by atoms with Gasteiger partial charge in [-0.1, -0.05) is 0 Å². The zero-order valence-corrected chi connectivity index (χ0v) is 12.3. The van der Waals surface area contributed by atoms with Crippen molar-refractivity contribution < 1.29 is 19.6 Å². The Kier molecular flexibility index (Phi) is 4.61. The lowest BCUT2D eigenvalue weighted by Gasteiger charge is -2.12. The van der Waals surface area contributed by atoms with Crippen molar-refractivity contribution in [3.05, 3.63) is 27.8 Å². The molecule has 0 saturated heterocycles. The number of aliphatic carboxylic acids is 1. The fourth-order valence-corrected chi connectivity index (χ4v) is 2.40. The summed E-state index contributed by atoms with van der Waals surface area (Å²) < 4.78 is 7.75. The minimum absolute atomic E-state index is 0.0728. The first kappa shape index (κ1) is 15.8. The van der Waals surface area contributed by atoms with E-state index in [1.807, 2.05) is 0 Å². The molecule has 9 nitrogen and oxygen atoms in total. The SMILES string of the molecule is CC(CCC(=O)O)NC(=O)c1cc([N+](=O)[O-])c2nsnc2c1. The van der Waals surface area contributed by atoms with Crippen molar-refractivity contribution in [2.75, 3.05) is 0 Å². The monoisotopic (exact) mass is 324 g/mol. The van der Waals surface area contributed by atoms with Crippen molar-refractivity contribution in [3.8, 4) is 0 Å². The van der Waals surface area contributed by atoms with Gasteiger partial charge in [-0.25, -0.2) is 0 Å². The number of nitro groups is 1. The Labute approximate surface area is 128 Å². The minimum atomic E-state index is -0.952. The van der Waals surface area contributed by atoms with Crippen LogP contribution in [0.25, 0.3) is 11.0 Å².